The van der Waals surface area contributed by atoms with Gasteiger partial charge in [-0.25, -0.2) is 0 Å². The van der Waals surface area contributed by atoms with E-state index in [0.717, 1.165) is 0 Å². The zero-order valence-electron chi connectivity index (χ0n) is 5.20. The van der Waals surface area contributed by atoms with Gasteiger partial charge in [-0.1, -0.05) is 0 Å². The SMILES string of the molecule is NC=Cc1cc(O)[nH]c1O. The molecule has 0 fully saturated rings. The predicted octanol–water partition coefficient (Wildman–Crippen LogP) is 0.355. The summed E-state index contributed by atoms with van der Waals surface area (Å²) < 4.78 is 0. The van der Waals surface area contributed by atoms with E-state index in [0.29, 0.717) is 5.56 Å². The second kappa shape index (κ2) is 2.34. The van der Waals surface area contributed by atoms with Crippen molar-refractivity contribution in [2.45, 2.75) is 0 Å². The fraction of sp³-hybridized carbons (Fsp3) is 0. The molecule has 0 saturated heterocycles. The van der Waals surface area contributed by atoms with Crippen molar-refractivity contribution in [1.29, 1.82) is 0 Å². The maximum absolute atomic E-state index is 8.94. The van der Waals surface area contributed by atoms with Gasteiger partial charge in [0, 0.05) is 11.6 Å². The van der Waals surface area contributed by atoms with Gasteiger partial charge in [-0.3, -0.25) is 4.98 Å². The first-order chi connectivity index (χ1) is 4.74. The number of aromatic nitrogens is 1. The zero-order chi connectivity index (χ0) is 7.56. The van der Waals surface area contributed by atoms with E-state index in [4.69, 9.17) is 15.9 Å². The Labute approximate surface area is 57.6 Å². The molecule has 0 spiro atoms. The standard InChI is InChI=1S/C6H8N2O2/c7-2-1-4-3-5(9)8-6(4)10/h1-3,8-10H,7H2. The maximum atomic E-state index is 8.94. The van der Waals surface area contributed by atoms with Crippen LogP contribution in [0.5, 0.6) is 11.8 Å². The Kier molecular flexibility index (Phi) is 1.53. The van der Waals surface area contributed by atoms with Crippen molar-refractivity contribution in [2.24, 2.45) is 5.73 Å². The largest absolute Gasteiger partial charge is 0.494 e. The fourth-order valence-corrected chi connectivity index (χ4v) is 0.676. The van der Waals surface area contributed by atoms with Gasteiger partial charge in [0.15, 0.2) is 11.8 Å². The second-order valence-electron chi connectivity index (χ2n) is 1.82. The lowest BCUT2D eigenvalue weighted by atomic mass is 10.3. The molecule has 10 heavy (non-hydrogen) atoms. The first kappa shape index (κ1) is 6.54. The second-order valence-corrected chi connectivity index (χ2v) is 1.82. The zero-order valence-corrected chi connectivity index (χ0v) is 5.20. The molecule has 0 aliphatic carbocycles. The van der Waals surface area contributed by atoms with E-state index in [1.807, 2.05) is 0 Å². The molecule has 1 heterocycles. The molecule has 5 N–H and O–H groups in total. The van der Waals surface area contributed by atoms with Crippen LogP contribution in [0.1, 0.15) is 5.56 Å². The van der Waals surface area contributed by atoms with Crippen molar-refractivity contribution in [3.05, 3.63) is 17.8 Å². The summed E-state index contributed by atoms with van der Waals surface area (Å²) in [7, 11) is 0. The lowest BCUT2D eigenvalue weighted by Crippen LogP contribution is -1.75. The molecule has 0 saturated carbocycles. The van der Waals surface area contributed by atoms with Crippen LogP contribution in [-0.4, -0.2) is 15.2 Å². The first-order valence-electron chi connectivity index (χ1n) is 2.73. The average molecular weight is 140 g/mol. The van der Waals surface area contributed by atoms with Gasteiger partial charge in [0.2, 0.25) is 0 Å². The summed E-state index contributed by atoms with van der Waals surface area (Å²) in [6, 6.07) is 1.37. The van der Waals surface area contributed by atoms with Gasteiger partial charge in [0.25, 0.3) is 0 Å². The monoisotopic (exact) mass is 140 g/mol. The number of hydrogen-bond donors (Lipinski definition) is 4. The molecule has 1 aromatic rings. The molecule has 0 amide bonds. The van der Waals surface area contributed by atoms with Crippen LogP contribution >= 0.6 is 0 Å². The van der Waals surface area contributed by atoms with Gasteiger partial charge >= 0.3 is 0 Å². The van der Waals surface area contributed by atoms with Crippen LogP contribution in [0, 0.1) is 0 Å². The molecule has 1 aromatic heterocycles. The molecule has 0 radical (unpaired) electrons. The lowest BCUT2D eigenvalue weighted by Gasteiger charge is -1.84. The van der Waals surface area contributed by atoms with Crippen molar-refractivity contribution in [1.82, 2.24) is 4.98 Å². The molecule has 54 valence electrons. The minimum absolute atomic E-state index is 0.0781. The molecule has 0 bridgehead atoms. The van der Waals surface area contributed by atoms with Crippen LogP contribution in [-0.2, 0) is 0 Å². The molecule has 1 rings (SSSR count). The Morgan fingerprint density at radius 1 is 1.50 bits per heavy atom. The quantitative estimate of drug-likeness (QED) is 0.454. The van der Waals surface area contributed by atoms with E-state index < -0.39 is 0 Å². The smallest absolute Gasteiger partial charge is 0.198 e. The van der Waals surface area contributed by atoms with Crippen LogP contribution in [0.3, 0.4) is 0 Å². The van der Waals surface area contributed by atoms with Crippen molar-refractivity contribution >= 4 is 6.08 Å². The minimum atomic E-state index is -0.0841. The number of aromatic hydroxyl groups is 2. The van der Waals surface area contributed by atoms with Gasteiger partial charge in [0.1, 0.15) is 0 Å². The van der Waals surface area contributed by atoms with Crippen molar-refractivity contribution < 1.29 is 10.2 Å². The number of rotatable bonds is 1. The fourth-order valence-electron chi connectivity index (χ4n) is 0.676. The Morgan fingerprint density at radius 2 is 2.20 bits per heavy atom. The molecule has 4 nitrogen and oxygen atoms in total. The highest BCUT2D eigenvalue weighted by Crippen LogP contribution is 2.21. The van der Waals surface area contributed by atoms with Crippen LogP contribution < -0.4 is 5.73 Å². The third-order valence-electron chi connectivity index (χ3n) is 1.09. The number of hydrogen-bond acceptors (Lipinski definition) is 3. The molecule has 0 aromatic carbocycles. The molecule has 0 atom stereocenters. The number of nitrogens with two attached hydrogens (primary N) is 1. The maximum Gasteiger partial charge on any atom is 0.198 e. The molecule has 0 aliphatic rings. The number of nitrogens with one attached hydrogen (secondary N) is 1. The summed E-state index contributed by atoms with van der Waals surface area (Å²) in [5.41, 5.74) is 5.52. The normalized spacial score (nSPS) is 10.8. The number of H-pyrrole nitrogens is 1. The molecular formula is C6H8N2O2. The van der Waals surface area contributed by atoms with E-state index >= 15 is 0 Å². The Morgan fingerprint density at radius 3 is 2.60 bits per heavy atom. The summed E-state index contributed by atoms with van der Waals surface area (Å²) in [6.07, 6.45) is 2.76. The minimum Gasteiger partial charge on any atom is -0.494 e. The molecule has 4 heteroatoms. The van der Waals surface area contributed by atoms with Gasteiger partial charge in [-0.2, -0.15) is 0 Å². The number of aromatic amines is 1. The highest BCUT2D eigenvalue weighted by Gasteiger charge is 2.00. The van der Waals surface area contributed by atoms with Gasteiger partial charge < -0.3 is 15.9 Å². The average Bonchev–Trinajstić information content (AvgIpc) is 2.13. The van der Waals surface area contributed by atoms with E-state index in [-0.39, 0.29) is 11.8 Å². The summed E-state index contributed by atoms with van der Waals surface area (Å²) in [5, 5.41) is 17.7. The van der Waals surface area contributed by atoms with Gasteiger partial charge in [-0.05, 0) is 12.3 Å². The van der Waals surface area contributed by atoms with Crippen LogP contribution in [0.25, 0.3) is 6.08 Å². The van der Waals surface area contributed by atoms with E-state index in [9.17, 15) is 0 Å². The lowest BCUT2D eigenvalue weighted by molar-refractivity contribution is 0.425. The highest BCUT2D eigenvalue weighted by molar-refractivity contribution is 5.56. The third kappa shape index (κ3) is 1.05. The Balaban J connectivity index is 3.03. The van der Waals surface area contributed by atoms with Gasteiger partial charge in [0.05, 0.1) is 0 Å². The third-order valence-corrected chi connectivity index (χ3v) is 1.09. The van der Waals surface area contributed by atoms with Gasteiger partial charge in [-0.15, -0.1) is 0 Å². The van der Waals surface area contributed by atoms with E-state index in [2.05, 4.69) is 4.98 Å². The molecule has 0 aliphatic heterocycles. The van der Waals surface area contributed by atoms with Crippen LogP contribution in [0.15, 0.2) is 12.3 Å². The molecule has 0 unspecified atom stereocenters. The highest BCUT2D eigenvalue weighted by atomic mass is 16.3. The van der Waals surface area contributed by atoms with E-state index in [1.54, 1.807) is 0 Å². The summed E-state index contributed by atoms with van der Waals surface area (Å²) in [6.45, 7) is 0. The van der Waals surface area contributed by atoms with Crippen molar-refractivity contribution in [2.75, 3.05) is 0 Å². The Bertz CT molecular complexity index is 252. The van der Waals surface area contributed by atoms with Crippen LogP contribution in [0.2, 0.25) is 0 Å². The summed E-state index contributed by atoms with van der Waals surface area (Å²) in [4.78, 5) is 2.30. The topological polar surface area (TPSA) is 82.3 Å². The predicted molar refractivity (Wildman–Crippen MR) is 37.3 cm³/mol. The molecular weight excluding hydrogens is 132 g/mol. The van der Waals surface area contributed by atoms with Crippen molar-refractivity contribution in [3.63, 3.8) is 0 Å². The summed E-state index contributed by atoms with van der Waals surface area (Å²) in [5.74, 6) is -0.162. The van der Waals surface area contributed by atoms with Crippen LogP contribution in [0.4, 0.5) is 0 Å². The first-order valence-corrected chi connectivity index (χ1v) is 2.73. The Hall–Kier alpha value is -1.58. The summed E-state index contributed by atoms with van der Waals surface area (Å²) >= 11 is 0. The van der Waals surface area contributed by atoms with Crippen molar-refractivity contribution in [3.8, 4) is 11.8 Å². The van der Waals surface area contributed by atoms with E-state index in [1.165, 1.54) is 18.3 Å².